The Labute approximate surface area is 123 Å². The summed E-state index contributed by atoms with van der Waals surface area (Å²) in [5, 5.41) is 17.8. The second-order valence-corrected chi connectivity index (χ2v) is 6.15. The minimum Gasteiger partial charge on any atom is -0.480 e. The van der Waals surface area contributed by atoms with E-state index in [4.69, 9.17) is 5.26 Å². The Bertz CT molecular complexity index is 408. The van der Waals surface area contributed by atoms with Gasteiger partial charge in [0.05, 0.1) is 17.9 Å². The standard InChI is InChI=1S/C13H21N3O3S/c1-4-15(7-5-6-14)13(19)16-10(12(17)18)8-20-11(16)9(2)3/h9-11H,4-5,7-8H2,1-3H3,(H,17,18). The molecule has 1 rings (SSSR count). The number of hydrogen-bond donors (Lipinski definition) is 1. The lowest BCUT2D eigenvalue weighted by molar-refractivity contribution is -0.141. The zero-order chi connectivity index (χ0) is 15.3. The molecule has 1 aliphatic rings. The van der Waals surface area contributed by atoms with Crippen LogP contribution >= 0.6 is 11.8 Å². The predicted molar refractivity (Wildman–Crippen MR) is 77.2 cm³/mol. The maximum absolute atomic E-state index is 12.6. The topological polar surface area (TPSA) is 84.6 Å². The summed E-state index contributed by atoms with van der Waals surface area (Å²) >= 11 is 1.51. The highest BCUT2D eigenvalue weighted by Crippen LogP contribution is 2.34. The normalized spacial score (nSPS) is 21.9. The Morgan fingerprint density at radius 2 is 2.20 bits per heavy atom. The monoisotopic (exact) mass is 299 g/mol. The van der Waals surface area contributed by atoms with Gasteiger partial charge in [-0.3, -0.25) is 4.90 Å². The summed E-state index contributed by atoms with van der Waals surface area (Å²) in [6.45, 7) is 6.60. The number of amides is 2. The number of rotatable bonds is 5. The molecule has 2 amide bonds. The highest BCUT2D eigenvalue weighted by atomic mass is 32.2. The van der Waals surface area contributed by atoms with Gasteiger partial charge in [0.25, 0.3) is 0 Å². The van der Waals surface area contributed by atoms with E-state index in [1.807, 2.05) is 26.8 Å². The fraction of sp³-hybridized carbons (Fsp3) is 0.769. The van der Waals surface area contributed by atoms with Gasteiger partial charge in [-0.25, -0.2) is 9.59 Å². The number of carboxylic acids is 1. The smallest absolute Gasteiger partial charge is 0.327 e. The molecule has 1 saturated heterocycles. The van der Waals surface area contributed by atoms with Gasteiger partial charge < -0.3 is 10.0 Å². The molecule has 6 nitrogen and oxygen atoms in total. The molecule has 1 N–H and O–H groups in total. The van der Waals surface area contributed by atoms with E-state index in [0.717, 1.165) is 0 Å². The Morgan fingerprint density at radius 3 is 2.65 bits per heavy atom. The van der Waals surface area contributed by atoms with Crippen LogP contribution in [0.2, 0.25) is 0 Å². The van der Waals surface area contributed by atoms with E-state index in [0.29, 0.717) is 18.8 Å². The maximum atomic E-state index is 12.6. The first-order valence-electron chi connectivity index (χ1n) is 6.72. The van der Waals surface area contributed by atoms with E-state index in [9.17, 15) is 14.7 Å². The molecule has 1 fully saturated rings. The largest absolute Gasteiger partial charge is 0.480 e. The highest BCUT2D eigenvalue weighted by molar-refractivity contribution is 8.00. The first kappa shape index (κ1) is 16.6. The van der Waals surface area contributed by atoms with E-state index in [1.54, 1.807) is 4.90 Å². The van der Waals surface area contributed by atoms with Crippen LogP contribution in [-0.4, -0.2) is 57.2 Å². The Hall–Kier alpha value is -1.42. The molecule has 1 aliphatic heterocycles. The van der Waals surface area contributed by atoms with Crippen LogP contribution in [0.25, 0.3) is 0 Å². The molecule has 0 spiro atoms. The predicted octanol–water partition coefficient (Wildman–Crippen LogP) is 1.83. The van der Waals surface area contributed by atoms with Crippen LogP contribution in [0.15, 0.2) is 0 Å². The molecule has 0 aliphatic carbocycles. The van der Waals surface area contributed by atoms with Crippen molar-refractivity contribution in [1.82, 2.24) is 9.80 Å². The molecule has 0 aromatic carbocycles. The summed E-state index contributed by atoms with van der Waals surface area (Å²) in [7, 11) is 0. The third-order valence-electron chi connectivity index (χ3n) is 3.26. The average molecular weight is 299 g/mol. The molecule has 0 radical (unpaired) electrons. The van der Waals surface area contributed by atoms with Crippen molar-refractivity contribution in [2.75, 3.05) is 18.8 Å². The summed E-state index contributed by atoms with van der Waals surface area (Å²) in [5.74, 6) is -0.368. The van der Waals surface area contributed by atoms with Gasteiger partial charge in [-0.1, -0.05) is 13.8 Å². The third-order valence-corrected chi connectivity index (χ3v) is 4.88. The summed E-state index contributed by atoms with van der Waals surface area (Å²) < 4.78 is 0. The third kappa shape index (κ3) is 3.57. The van der Waals surface area contributed by atoms with Crippen molar-refractivity contribution in [2.24, 2.45) is 5.92 Å². The van der Waals surface area contributed by atoms with E-state index in [2.05, 4.69) is 0 Å². The van der Waals surface area contributed by atoms with Crippen LogP contribution in [-0.2, 0) is 4.79 Å². The lowest BCUT2D eigenvalue weighted by Crippen LogP contribution is -2.52. The number of hydrogen-bond acceptors (Lipinski definition) is 4. The van der Waals surface area contributed by atoms with Gasteiger partial charge in [0.1, 0.15) is 6.04 Å². The van der Waals surface area contributed by atoms with Crippen molar-refractivity contribution in [1.29, 1.82) is 5.26 Å². The van der Waals surface area contributed by atoms with Gasteiger partial charge in [-0.2, -0.15) is 5.26 Å². The van der Waals surface area contributed by atoms with E-state index in [1.165, 1.54) is 16.7 Å². The number of carboxylic acid groups (broad SMARTS) is 1. The average Bonchev–Trinajstić information content (AvgIpc) is 2.84. The molecular formula is C13H21N3O3S. The van der Waals surface area contributed by atoms with Gasteiger partial charge in [-0.05, 0) is 12.8 Å². The first-order valence-corrected chi connectivity index (χ1v) is 7.77. The lowest BCUT2D eigenvalue weighted by Gasteiger charge is -2.34. The maximum Gasteiger partial charge on any atom is 0.327 e. The van der Waals surface area contributed by atoms with Gasteiger partial charge >= 0.3 is 12.0 Å². The zero-order valence-electron chi connectivity index (χ0n) is 12.1. The quantitative estimate of drug-likeness (QED) is 0.837. The van der Waals surface area contributed by atoms with Gasteiger partial charge in [0.15, 0.2) is 0 Å². The second kappa shape index (κ2) is 7.39. The summed E-state index contributed by atoms with van der Waals surface area (Å²) in [6.07, 6.45) is 0.255. The van der Waals surface area contributed by atoms with Crippen LogP contribution in [0.3, 0.4) is 0 Å². The summed E-state index contributed by atoms with van der Waals surface area (Å²) in [4.78, 5) is 26.9. The van der Waals surface area contributed by atoms with E-state index >= 15 is 0 Å². The SMILES string of the molecule is CCN(CCC#N)C(=O)N1C(C(=O)O)CSC1C(C)C. The van der Waals surface area contributed by atoms with Crippen molar-refractivity contribution in [3.05, 3.63) is 0 Å². The zero-order valence-corrected chi connectivity index (χ0v) is 12.9. The fourth-order valence-electron chi connectivity index (χ4n) is 2.21. The summed E-state index contributed by atoms with van der Waals surface area (Å²) in [6, 6.07) is 0.952. The molecule has 2 atom stereocenters. The molecule has 2 unspecified atom stereocenters. The number of nitriles is 1. The van der Waals surface area contributed by atoms with E-state index < -0.39 is 12.0 Å². The van der Waals surface area contributed by atoms with Crippen LogP contribution in [0.4, 0.5) is 4.79 Å². The van der Waals surface area contributed by atoms with Crippen LogP contribution in [0, 0.1) is 17.2 Å². The Morgan fingerprint density at radius 1 is 1.55 bits per heavy atom. The van der Waals surface area contributed by atoms with Crippen molar-refractivity contribution in [3.8, 4) is 6.07 Å². The van der Waals surface area contributed by atoms with Crippen LogP contribution in [0.5, 0.6) is 0 Å². The number of aliphatic carboxylic acids is 1. The van der Waals surface area contributed by atoms with Crippen molar-refractivity contribution >= 4 is 23.8 Å². The molecule has 7 heteroatoms. The van der Waals surface area contributed by atoms with Gasteiger partial charge in [0, 0.05) is 18.8 Å². The number of carbonyl (C=O) groups excluding carboxylic acids is 1. The van der Waals surface area contributed by atoms with Crippen molar-refractivity contribution in [2.45, 2.75) is 38.6 Å². The number of carbonyl (C=O) groups is 2. The first-order chi connectivity index (χ1) is 9.43. The number of thioether (sulfide) groups is 1. The molecular weight excluding hydrogens is 278 g/mol. The minimum absolute atomic E-state index is 0.125. The van der Waals surface area contributed by atoms with Gasteiger partial charge in [-0.15, -0.1) is 11.8 Å². The van der Waals surface area contributed by atoms with Crippen molar-refractivity contribution in [3.63, 3.8) is 0 Å². The molecule has 0 aromatic heterocycles. The number of nitrogens with zero attached hydrogens (tertiary/aromatic N) is 3. The lowest BCUT2D eigenvalue weighted by atomic mass is 10.1. The molecule has 20 heavy (non-hydrogen) atoms. The molecule has 112 valence electrons. The Kier molecular flexibility index (Phi) is 6.14. The van der Waals surface area contributed by atoms with Gasteiger partial charge in [0.2, 0.25) is 0 Å². The highest BCUT2D eigenvalue weighted by Gasteiger charge is 2.44. The Balaban J connectivity index is 2.93. The second-order valence-electron chi connectivity index (χ2n) is 5.00. The van der Waals surface area contributed by atoms with Crippen LogP contribution in [0.1, 0.15) is 27.2 Å². The molecule has 0 saturated carbocycles. The molecule has 0 aromatic rings. The van der Waals surface area contributed by atoms with Crippen molar-refractivity contribution < 1.29 is 14.7 Å². The number of urea groups is 1. The fourth-order valence-corrected chi connectivity index (χ4v) is 3.68. The summed E-state index contributed by atoms with van der Waals surface area (Å²) in [5.41, 5.74) is 0. The van der Waals surface area contributed by atoms with Crippen LogP contribution < -0.4 is 0 Å². The minimum atomic E-state index is -0.967. The molecule has 0 bridgehead atoms. The van der Waals surface area contributed by atoms with E-state index in [-0.39, 0.29) is 23.7 Å². The molecule has 1 heterocycles.